The molecule has 0 spiro atoms. The van der Waals surface area contributed by atoms with E-state index in [1.807, 2.05) is 19.1 Å². The molecule has 1 aliphatic rings. The molecule has 4 heteroatoms. The van der Waals surface area contributed by atoms with Crippen molar-refractivity contribution in [3.63, 3.8) is 0 Å². The van der Waals surface area contributed by atoms with Crippen LogP contribution in [0.15, 0.2) is 18.7 Å². The van der Waals surface area contributed by atoms with Gasteiger partial charge in [-0.1, -0.05) is 6.08 Å². The van der Waals surface area contributed by atoms with Gasteiger partial charge in [0.25, 0.3) is 0 Å². The first-order chi connectivity index (χ1) is 7.28. The van der Waals surface area contributed by atoms with Gasteiger partial charge in [0, 0.05) is 18.7 Å². The molecule has 2 N–H and O–H groups in total. The van der Waals surface area contributed by atoms with Crippen molar-refractivity contribution in [1.29, 1.82) is 0 Å². The summed E-state index contributed by atoms with van der Waals surface area (Å²) >= 11 is 0. The van der Waals surface area contributed by atoms with Crippen molar-refractivity contribution >= 4 is 11.6 Å². The van der Waals surface area contributed by atoms with E-state index in [9.17, 15) is 0 Å². The quantitative estimate of drug-likeness (QED) is 0.720. The van der Waals surface area contributed by atoms with E-state index >= 15 is 0 Å². The molecule has 15 heavy (non-hydrogen) atoms. The van der Waals surface area contributed by atoms with Gasteiger partial charge in [0.1, 0.15) is 17.5 Å². The van der Waals surface area contributed by atoms with Crippen LogP contribution in [-0.4, -0.2) is 22.6 Å². The van der Waals surface area contributed by atoms with Crippen LogP contribution in [0.1, 0.15) is 18.7 Å². The molecule has 2 rings (SSSR count). The van der Waals surface area contributed by atoms with E-state index in [2.05, 4.69) is 27.2 Å². The van der Waals surface area contributed by atoms with Gasteiger partial charge in [0.15, 0.2) is 0 Å². The molecule has 1 aliphatic carbocycles. The molecule has 1 aromatic heterocycles. The Morgan fingerprint density at radius 3 is 2.87 bits per heavy atom. The maximum absolute atomic E-state index is 4.33. The Kier molecular flexibility index (Phi) is 2.85. The molecule has 0 radical (unpaired) electrons. The Hall–Kier alpha value is -1.58. The summed E-state index contributed by atoms with van der Waals surface area (Å²) in [4.78, 5) is 8.62. The number of nitrogens with one attached hydrogen (secondary N) is 2. The molecule has 4 nitrogen and oxygen atoms in total. The maximum Gasteiger partial charge on any atom is 0.132 e. The lowest BCUT2D eigenvalue weighted by molar-refractivity contribution is 1.02. The molecule has 0 aromatic carbocycles. The Bertz CT molecular complexity index is 358. The third-order valence-corrected chi connectivity index (χ3v) is 2.19. The van der Waals surface area contributed by atoms with Crippen LogP contribution in [0.2, 0.25) is 0 Å². The molecular weight excluding hydrogens is 188 g/mol. The molecule has 0 saturated heterocycles. The second-order valence-electron chi connectivity index (χ2n) is 3.77. The standard InChI is InChI=1S/C11H16N4/c1-3-6-12-10-7-11(14-8(2)13-10)15-9-4-5-9/h3,7,9H,1,4-6H2,2H3,(H2,12,13,14,15). The zero-order valence-electron chi connectivity index (χ0n) is 8.95. The molecule has 0 amide bonds. The fourth-order valence-corrected chi connectivity index (χ4v) is 1.35. The van der Waals surface area contributed by atoms with Gasteiger partial charge in [0.05, 0.1) is 0 Å². The molecule has 1 heterocycles. The Morgan fingerprint density at radius 2 is 2.20 bits per heavy atom. The number of hydrogen-bond donors (Lipinski definition) is 2. The SMILES string of the molecule is C=CCNc1cc(NC2CC2)nc(C)n1. The van der Waals surface area contributed by atoms with Crippen LogP contribution in [0.4, 0.5) is 11.6 Å². The summed E-state index contributed by atoms with van der Waals surface area (Å²) in [7, 11) is 0. The number of aromatic nitrogens is 2. The lowest BCUT2D eigenvalue weighted by Gasteiger charge is -2.08. The molecular formula is C11H16N4. The summed E-state index contributed by atoms with van der Waals surface area (Å²) in [5, 5.41) is 6.52. The van der Waals surface area contributed by atoms with E-state index in [4.69, 9.17) is 0 Å². The van der Waals surface area contributed by atoms with Crippen molar-refractivity contribution < 1.29 is 0 Å². The monoisotopic (exact) mass is 204 g/mol. The Balaban J connectivity index is 2.08. The highest BCUT2D eigenvalue weighted by atomic mass is 15.1. The van der Waals surface area contributed by atoms with Crippen molar-refractivity contribution in [2.75, 3.05) is 17.2 Å². The van der Waals surface area contributed by atoms with Crippen molar-refractivity contribution in [3.05, 3.63) is 24.5 Å². The number of hydrogen-bond acceptors (Lipinski definition) is 4. The third-order valence-electron chi connectivity index (χ3n) is 2.19. The fourth-order valence-electron chi connectivity index (χ4n) is 1.35. The Labute approximate surface area is 89.8 Å². The molecule has 0 bridgehead atoms. The summed E-state index contributed by atoms with van der Waals surface area (Å²) in [6.45, 7) is 6.28. The van der Waals surface area contributed by atoms with Crippen molar-refractivity contribution in [3.8, 4) is 0 Å². The number of nitrogens with zero attached hydrogens (tertiary/aromatic N) is 2. The largest absolute Gasteiger partial charge is 0.367 e. The molecule has 80 valence electrons. The number of rotatable bonds is 5. The van der Waals surface area contributed by atoms with Gasteiger partial charge in [-0.15, -0.1) is 6.58 Å². The minimum atomic E-state index is 0.617. The van der Waals surface area contributed by atoms with Gasteiger partial charge in [-0.3, -0.25) is 0 Å². The van der Waals surface area contributed by atoms with E-state index in [0.29, 0.717) is 6.04 Å². The van der Waals surface area contributed by atoms with Gasteiger partial charge in [-0.25, -0.2) is 9.97 Å². The molecule has 1 saturated carbocycles. The fraction of sp³-hybridized carbons (Fsp3) is 0.455. The normalized spacial score (nSPS) is 14.7. The summed E-state index contributed by atoms with van der Waals surface area (Å²) < 4.78 is 0. The molecule has 1 fully saturated rings. The second kappa shape index (κ2) is 4.29. The van der Waals surface area contributed by atoms with Crippen LogP contribution in [-0.2, 0) is 0 Å². The molecule has 0 atom stereocenters. The van der Waals surface area contributed by atoms with Crippen LogP contribution in [0.3, 0.4) is 0 Å². The first-order valence-electron chi connectivity index (χ1n) is 5.25. The highest BCUT2D eigenvalue weighted by Gasteiger charge is 2.21. The van der Waals surface area contributed by atoms with Gasteiger partial charge < -0.3 is 10.6 Å². The minimum absolute atomic E-state index is 0.617. The van der Waals surface area contributed by atoms with Gasteiger partial charge in [-0.2, -0.15) is 0 Å². The van der Waals surface area contributed by atoms with Crippen LogP contribution < -0.4 is 10.6 Å². The average molecular weight is 204 g/mol. The predicted octanol–water partition coefficient (Wildman–Crippen LogP) is 1.96. The lowest BCUT2D eigenvalue weighted by Crippen LogP contribution is -2.07. The minimum Gasteiger partial charge on any atom is -0.367 e. The average Bonchev–Trinajstić information content (AvgIpc) is 2.98. The molecule has 0 unspecified atom stereocenters. The van der Waals surface area contributed by atoms with Crippen LogP contribution in [0.25, 0.3) is 0 Å². The molecule has 1 aromatic rings. The second-order valence-corrected chi connectivity index (χ2v) is 3.77. The summed E-state index contributed by atoms with van der Waals surface area (Å²) in [5.74, 6) is 2.55. The van der Waals surface area contributed by atoms with Crippen molar-refractivity contribution in [2.45, 2.75) is 25.8 Å². The van der Waals surface area contributed by atoms with Gasteiger partial charge >= 0.3 is 0 Å². The number of aryl methyl sites for hydroxylation is 1. The maximum atomic E-state index is 4.33. The zero-order valence-corrected chi connectivity index (χ0v) is 8.95. The van der Waals surface area contributed by atoms with Gasteiger partial charge in [0.2, 0.25) is 0 Å². The van der Waals surface area contributed by atoms with Crippen LogP contribution >= 0.6 is 0 Å². The highest BCUT2D eigenvalue weighted by Crippen LogP contribution is 2.24. The predicted molar refractivity (Wildman–Crippen MR) is 62.1 cm³/mol. The number of anilines is 2. The smallest absolute Gasteiger partial charge is 0.132 e. The van der Waals surface area contributed by atoms with Crippen molar-refractivity contribution in [1.82, 2.24) is 9.97 Å². The molecule has 0 aliphatic heterocycles. The summed E-state index contributed by atoms with van der Waals surface area (Å²) in [5.41, 5.74) is 0. The van der Waals surface area contributed by atoms with Crippen molar-refractivity contribution in [2.24, 2.45) is 0 Å². The van der Waals surface area contributed by atoms with Crippen LogP contribution in [0.5, 0.6) is 0 Å². The summed E-state index contributed by atoms with van der Waals surface area (Å²) in [6, 6.07) is 2.56. The van der Waals surface area contributed by atoms with E-state index in [-0.39, 0.29) is 0 Å². The Morgan fingerprint density at radius 1 is 1.47 bits per heavy atom. The lowest BCUT2D eigenvalue weighted by atomic mass is 10.4. The van der Waals surface area contributed by atoms with E-state index in [1.165, 1.54) is 12.8 Å². The topological polar surface area (TPSA) is 49.8 Å². The third kappa shape index (κ3) is 2.94. The highest BCUT2D eigenvalue weighted by molar-refractivity contribution is 5.48. The summed E-state index contributed by atoms with van der Waals surface area (Å²) in [6.07, 6.45) is 4.31. The van der Waals surface area contributed by atoms with E-state index in [0.717, 1.165) is 24.0 Å². The first kappa shape index (κ1) is 9.96. The van der Waals surface area contributed by atoms with E-state index < -0.39 is 0 Å². The van der Waals surface area contributed by atoms with Crippen LogP contribution in [0, 0.1) is 6.92 Å². The zero-order chi connectivity index (χ0) is 10.7. The van der Waals surface area contributed by atoms with E-state index in [1.54, 1.807) is 0 Å². The first-order valence-corrected chi connectivity index (χ1v) is 5.25. The van der Waals surface area contributed by atoms with Gasteiger partial charge in [-0.05, 0) is 19.8 Å².